The normalized spacial score (nSPS) is 21.9. The molecule has 0 saturated carbocycles. The van der Waals surface area contributed by atoms with Crippen LogP contribution in [0.25, 0.3) is 0 Å². The van der Waals surface area contributed by atoms with Crippen molar-refractivity contribution in [2.75, 3.05) is 19.7 Å². The van der Waals surface area contributed by atoms with Gasteiger partial charge >= 0.3 is 0 Å². The molecule has 1 unspecified atom stereocenters. The minimum Gasteiger partial charge on any atom is -0.385 e. The van der Waals surface area contributed by atoms with E-state index in [1.165, 1.54) is 10.5 Å². The summed E-state index contributed by atoms with van der Waals surface area (Å²) in [6, 6.07) is 0. The molecule has 0 bridgehead atoms. The zero-order valence-electron chi connectivity index (χ0n) is 9.88. The number of imidazole rings is 1. The lowest BCUT2D eigenvalue weighted by molar-refractivity contribution is 0.0367. The molecule has 1 aromatic rings. The molecule has 1 aromatic heterocycles. The number of ether oxygens (including phenoxy) is 1. The van der Waals surface area contributed by atoms with Gasteiger partial charge in [0.15, 0.2) is 5.03 Å². The average molecular weight is 273 g/mol. The summed E-state index contributed by atoms with van der Waals surface area (Å²) in [5, 5.41) is 7.35. The van der Waals surface area contributed by atoms with Crippen molar-refractivity contribution in [2.24, 2.45) is 5.73 Å². The van der Waals surface area contributed by atoms with Crippen molar-refractivity contribution in [3.63, 3.8) is 0 Å². The minimum absolute atomic E-state index is 0.0456. The molecule has 0 amide bonds. The number of sulfonamides is 1. The van der Waals surface area contributed by atoms with Crippen LogP contribution in [0.1, 0.15) is 5.82 Å². The standard InChI is InChI=1S/C9H15N5O3S/c1-6-12-4-8(13-6)18(15,16)14-2-3-17-7(5-14)9(10)11/h4,7H,2-3,5H2,1H3,(H3,10,11)(H,12,13). The summed E-state index contributed by atoms with van der Waals surface area (Å²) >= 11 is 0. The molecule has 1 atom stereocenters. The van der Waals surface area contributed by atoms with Crippen LogP contribution in [0.4, 0.5) is 0 Å². The summed E-state index contributed by atoms with van der Waals surface area (Å²) in [5.41, 5.74) is 5.33. The summed E-state index contributed by atoms with van der Waals surface area (Å²) < 4.78 is 31.0. The molecule has 1 saturated heterocycles. The number of aromatic amines is 1. The van der Waals surface area contributed by atoms with E-state index in [9.17, 15) is 8.42 Å². The highest BCUT2D eigenvalue weighted by atomic mass is 32.2. The van der Waals surface area contributed by atoms with Gasteiger partial charge in [0, 0.05) is 13.1 Å². The van der Waals surface area contributed by atoms with E-state index >= 15 is 0 Å². The van der Waals surface area contributed by atoms with Crippen LogP contribution in [0.3, 0.4) is 0 Å². The first-order chi connectivity index (χ1) is 8.41. The third kappa shape index (κ3) is 2.37. The molecule has 0 aliphatic carbocycles. The van der Waals surface area contributed by atoms with Crippen molar-refractivity contribution in [3.8, 4) is 0 Å². The molecule has 18 heavy (non-hydrogen) atoms. The van der Waals surface area contributed by atoms with Crippen LogP contribution in [-0.4, -0.2) is 54.3 Å². The predicted octanol–water partition coefficient (Wildman–Crippen LogP) is -0.956. The quantitative estimate of drug-likeness (QED) is 0.483. The van der Waals surface area contributed by atoms with Crippen LogP contribution in [-0.2, 0) is 14.8 Å². The highest BCUT2D eigenvalue weighted by Gasteiger charge is 2.32. The lowest BCUT2D eigenvalue weighted by Crippen LogP contribution is -2.50. The molecule has 1 aliphatic rings. The molecular formula is C9H15N5O3S. The van der Waals surface area contributed by atoms with Crippen molar-refractivity contribution >= 4 is 15.9 Å². The SMILES string of the molecule is Cc1ncc(S(=O)(=O)N2CCOC(C(=N)N)C2)[nH]1. The third-order valence-electron chi connectivity index (χ3n) is 2.67. The average Bonchev–Trinajstić information content (AvgIpc) is 2.77. The van der Waals surface area contributed by atoms with Crippen molar-refractivity contribution in [3.05, 3.63) is 12.0 Å². The largest absolute Gasteiger partial charge is 0.385 e. The van der Waals surface area contributed by atoms with Gasteiger partial charge in [-0.1, -0.05) is 0 Å². The van der Waals surface area contributed by atoms with Gasteiger partial charge in [-0.3, -0.25) is 5.41 Å². The fourth-order valence-corrected chi connectivity index (χ4v) is 3.09. The Morgan fingerprint density at radius 2 is 2.44 bits per heavy atom. The van der Waals surface area contributed by atoms with E-state index in [1.54, 1.807) is 6.92 Å². The van der Waals surface area contributed by atoms with E-state index < -0.39 is 16.1 Å². The first-order valence-electron chi connectivity index (χ1n) is 5.38. The third-order valence-corrected chi connectivity index (χ3v) is 4.45. The van der Waals surface area contributed by atoms with Crippen LogP contribution >= 0.6 is 0 Å². The van der Waals surface area contributed by atoms with Gasteiger partial charge in [0.05, 0.1) is 12.8 Å². The van der Waals surface area contributed by atoms with E-state index in [4.69, 9.17) is 15.9 Å². The molecule has 0 aromatic carbocycles. The maximum Gasteiger partial charge on any atom is 0.260 e. The van der Waals surface area contributed by atoms with Crippen molar-refractivity contribution in [2.45, 2.75) is 18.1 Å². The highest BCUT2D eigenvalue weighted by molar-refractivity contribution is 7.89. The molecular weight excluding hydrogens is 258 g/mol. The lowest BCUT2D eigenvalue weighted by atomic mass is 10.3. The molecule has 2 heterocycles. The number of rotatable bonds is 3. The van der Waals surface area contributed by atoms with E-state index in [0.29, 0.717) is 5.82 Å². The van der Waals surface area contributed by atoms with Crippen molar-refractivity contribution < 1.29 is 13.2 Å². The second kappa shape index (κ2) is 4.67. The van der Waals surface area contributed by atoms with Crippen LogP contribution in [0.15, 0.2) is 11.2 Å². The van der Waals surface area contributed by atoms with Crippen LogP contribution in [0.5, 0.6) is 0 Å². The number of hydrogen-bond donors (Lipinski definition) is 3. The van der Waals surface area contributed by atoms with Gasteiger partial charge in [-0.15, -0.1) is 0 Å². The second-order valence-corrected chi connectivity index (χ2v) is 5.92. The smallest absolute Gasteiger partial charge is 0.260 e. The zero-order valence-corrected chi connectivity index (χ0v) is 10.7. The summed E-state index contributed by atoms with van der Waals surface area (Å²) in [7, 11) is -3.62. The van der Waals surface area contributed by atoms with E-state index in [-0.39, 0.29) is 30.6 Å². The number of nitrogens with one attached hydrogen (secondary N) is 2. The number of morpholine rings is 1. The number of nitrogens with zero attached hydrogens (tertiary/aromatic N) is 2. The second-order valence-electron chi connectivity index (χ2n) is 4.01. The van der Waals surface area contributed by atoms with E-state index in [1.807, 2.05) is 0 Å². The minimum atomic E-state index is -3.62. The maximum absolute atomic E-state index is 12.3. The predicted molar refractivity (Wildman–Crippen MR) is 63.7 cm³/mol. The number of H-pyrrole nitrogens is 1. The zero-order chi connectivity index (χ0) is 13.3. The first kappa shape index (κ1) is 13.0. The Labute approximate surface area is 105 Å². The summed E-state index contributed by atoms with van der Waals surface area (Å²) in [6.07, 6.45) is 0.598. The highest BCUT2D eigenvalue weighted by Crippen LogP contribution is 2.17. The number of aryl methyl sites for hydroxylation is 1. The molecule has 1 fully saturated rings. The topological polar surface area (TPSA) is 125 Å². The van der Waals surface area contributed by atoms with Gasteiger partial charge in [-0.05, 0) is 6.92 Å². The van der Waals surface area contributed by atoms with Gasteiger partial charge in [0.1, 0.15) is 17.8 Å². The van der Waals surface area contributed by atoms with E-state index in [2.05, 4.69) is 9.97 Å². The lowest BCUT2D eigenvalue weighted by Gasteiger charge is -2.30. The Bertz CT molecular complexity index is 552. The van der Waals surface area contributed by atoms with Gasteiger partial charge < -0.3 is 15.5 Å². The summed E-state index contributed by atoms with van der Waals surface area (Å²) in [4.78, 5) is 6.56. The Morgan fingerprint density at radius 1 is 1.72 bits per heavy atom. The fourth-order valence-electron chi connectivity index (χ4n) is 1.70. The Balaban J connectivity index is 2.22. The van der Waals surface area contributed by atoms with Crippen LogP contribution in [0.2, 0.25) is 0 Å². The summed E-state index contributed by atoms with van der Waals surface area (Å²) in [5.74, 6) is 0.362. The van der Waals surface area contributed by atoms with Crippen LogP contribution in [0, 0.1) is 12.3 Å². The fraction of sp³-hybridized carbons (Fsp3) is 0.556. The monoisotopic (exact) mass is 273 g/mol. The molecule has 0 spiro atoms. The molecule has 8 nitrogen and oxygen atoms in total. The van der Waals surface area contributed by atoms with Gasteiger partial charge in [0.2, 0.25) is 0 Å². The molecule has 4 N–H and O–H groups in total. The molecule has 1 aliphatic heterocycles. The Hall–Kier alpha value is -1.45. The van der Waals surface area contributed by atoms with Gasteiger partial charge in [-0.2, -0.15) is 4.31 Å². The summed E-state index contributed by atoms with van der Waals surface area (Å²) in [6.45, 7) is 2.19. The molecule has 9 heteroatoms. The molecule has 0 radical (unpaired) electrons. The Kier molecular flexibility index (Phi) is 3.37. The van der Waals surface area contributed by atoms with Crippen LogP contribution < -0.4 is 5.73 Å². The number of aromatic nitrogens is 2. The molecule has 2 rings (SSSR count). The van der Waals surface area contributed by atoms with E-state index in [0.717, 1.165) is 0 Å². The van der Waals surface area contributed by atoms with Crippen molar-refractivity contribution in [1.29, 1.82) is 5.41 Å². The maximum atomic E-state index is 12.3. The Morgan fingerprint density at radius 3 is 3.00 bits per heavy atom. The number of hydrogen-bond acceptors (Lipinski definition) is 5. The first-order valence-corrected chi connectivity index (χ1v) is 6.82. The molecule has 100 valence electrons. The van der Waals surface area contributed by atoms with Gasteiger partial charge in [0.25, 0.3) is 10.0 Å². The number of amidine groups is 1. The van der Waals surface area contributed by atoms with Gasteiger partial charge in [-0.25, -0.2) is 13.4 Å². The number of nitrogens with two attached hydrogens (primary N) is 1. The van der Waals surface area contributed by atoms with Crippen molar-refractivity contribution in [1.82, 2.24) is 14.3 Å².